The highest BCUT2D eigenvalue weighted by Crippen LogP contribution is 2.45. The molecule has 1 saturated heterocycles. The molecule has 1 aromatic heterocycles. The Bertz CT molecular complexity index is 1750. The summed E-state index contributed by atoms with van der Waals surface area (Å²) in [7, 11) is 0. The van der Waals surface area contributed by atoms with Crippen LogP contribution in [0.4, 0.5) is 17.1 Å². The van der Waals surface area contributed by atoms with Gasteiger partial charge in [0.25, 0.3) is 11.5 Å². The Morgan fingerprint density at radius 2 is 1.37 bits per heavy atom. The Morgan fingerprint density at radius 3 is 2.00 bits per heavy atom. The summed E-state index contributed by atoms with van der Waals surface area (Å²) in [5.41, 5.74) is 2.85. The second kappa shape index (κ2) is 9.90. The molecule has 190 valence electrons. The molecule has 0 saturated carbocycles. The van der Waals surface area contributed by atoms with Crippen molar-refractivity contribution in [3.05, 3.63) is 104 Å². The van der Waals surface area contributed by atoms with Gasteiger partial charge in [0, 0.05) is 23.7 Å². The lowest BCUT2D eigenvalue weighted by atomic mass is 10.3. The van der Waals surface area contributed by atoms with Crippen LogP contribution >= 0.6 is 35.3 Å². The standard InChI is InChI=1S/C29H24N4O2S3/c1-3-30-21-17-11-12-18-22(21)37-28(30)24-26(35)31(4-2)27(38-24)23-25(34)33(20-15-9-6-10-16-20)29(36)32(23)19-13-7-5-8-14-19/h5-18H,3-4H2,1-2H3/b27-23-,28-24-. The Kier molecular flexibility index (Phi) is 6.43. The average molecular weight is 557 g/mol. The number of nitrogens with zero attached hydrogens (tertiary/aromatic N) is 4. The molecule has 2 aliphatic heterocycles. The number of para-hydroxylation sites is 3. The van der Waals surface area contributed by atoms with Crippen LogP contribution in [0.15, 0.2) is 94.6 Å². The van der Waals surface area contributed by atoms with E-state index in [9.17, 15) is 9.59 Å². The first-order valence-corrected chi connectivity index (χ1v) is 14.4. The number of thiazole rings is 1. The van der Waals surface area contributed by atoms with Crippen molar-refractivity contribution in [3.63, 3.8) is 0 Å². The summed E-state index contributed by atoms with van der Waals surface area (Å²) in [6, 6.07) is 27.2. The van der Waals surface area contributed by atoms with Crippen LogP contribution in [0.1, 0.15) is 13.8 Å². The first-order chi connectivity index (χ1) is 18.5. The van der Waals surface area contributed by atoms with Crippen LogP contribution in [0.2, 0.25) is 0 Å². The lowest BCUT2D eigenvalue weighted by molar-refractivity contribution is -0.112. The van der Waals surface area contributed by atoms with E-state index in [1.54, 1.807) is 26.1 Å². The van der Waals surface area contributed by atoms with E-state index in [1.807, 2.05) is 79.7 Å². The molecule has 0 aliphatic carbocycles. The van der Waals surface area contributed by atoms with Gasteiger partial charge in [-0.3, -0.25) is 24.0 Å². The summed E-state index contributed by atoms with van der Waals surface area (Å²) in [5, 5.41) is 1.26. The lowest BCUT2D eigenvalue weighted by Gasteiger charge is -2.20. The highest BCUT2D eigenvalue weighted by Gasteiger charge is 2.41. The number of fused-ring (bicyclic) bond motifs is 1. The zero-order chi connectivity index (χ0) is 26.4. The van der Waals surface area contributed by atoms with Gasteiger partial charge in [-0.25, -0.2) is 0 Å². The van der Waals surface area contributed by atoms with E-state index in [-0.39, 0.29) is 11.5 Å². The Morgan fingerprint density at radius 1 is 0.763 bits per heavy atom. The zero-order valence-electron chi connectivity index (χ0n) is 20.8. The van der Waals surface area contributed by atoms with E-state index >= 15 is 0 Å². The molecule has 6 nitrogen and oxygen atoms in total. The molecule has 3 aromatic carbocycles. The van der Waals surface area contributed by atoms with Gasteiger partial charge in [0.15, 0.2) is 5.11 Å². The molecule has 0 spiro atoms. The predicted molar refractivity (Wildman–Crippen MR) is 161 cm³/mol. The van der Waals surface area contributed by atoms with Crippen molar-refractivity contribution in [2.45, 2.75) is 25.3 Å². The molecule has 0 N–H and O–H groups in total. The van der Waals surface area contributed by atoms with Crippen LogP contribution in [0.5, 0.6) is 0 Å². The summed E-state index contributed by atoms with van der Waals surface area (Å²) >= 11 is 8.87. The van der Waals surface area contributed by atoms with Gasteiger partial charge in [0.1, 0.15) is 19.9 Å². The summed E-state index contributed by atoms with van der Waals surface area (Å²) in [5.74, 6) is -0.250. The zero-order valence-corrected chi connectivity index (χ0v) is 23.3. The Hall–Kier alpha value is -3.66. The molecule has 2 aliphatic rings. The molecule has 1 amide bonds. The number of rotatable bonds is 4. The van der Waals surface area contributed by atoms with Crippen molar-refractivity contribution < 1.29 is 4.79 Å². The maximum Gasteiger partial charge on any atom is 0.284 e. The van der Waals surface area contributed by atoms with Gasteiger partial charge in [-0.05, 0) is 62.5 Å². The van der Waals surface area contributed by atoms with Gasteiger partial charge in [-0.15, -0.1) is 11.3 Å². The maximum atomic E-state index is 14.1. The molecule has 3 heterocycles. The topological polar surface area (TPSA) is 48.8 Å². The van der Waals surface area contributed by atoms with Crippen molar-refractivity contribution in [1.82, 2.24) is 4.57 Å². The van der Waals surface area contributed by atoms with E-state index < -0.39 is 0 Å². The number of benzene rings is 3. The number of hydrogen-bond acceptors (Lipinski definition) is 6. The smallest absolute Gasteiger partial charge is 0.284 e. The molecule has 4 aromatic rings. The average Bonchev–Trinajstić information content (AvgIpc) is 3.57. The molecule has 6 rings (SSSR count). The van der Waals surface area contributed by atoms with Gasteiger partial charge >= 0.3 is 0 Å². The molecular formula is C29H24N4O2S3. The van der Waals surface area contributed by atoms with E-state index in [0.29, 0.717) is 32.2 Å². The highest BCUT2D eigenvalue weighted by atomic mass is 32.2. The fourth-order valence-corrected chi connectivity index (χ4v) is 7.80. The molecule has 0 atom stereocenters. The quantitative estimate of drug-likeness (QED) is 0.343. The number of hydrogen-bond donors (Lipinski definition) is 0. The van der Waals surface area contributed by atoms with Crippen LogP contribution in [0.25, 0.3) is 10.7 Å². The van der Waals surface area contributed by atoms with Gasteiger partial charge in [-0.1, -0.05) is 60.3 Å². The monoisotopic (exact) mass is 556 g/mol. The van der Waals surface area contributed by atoms with Gasteiger partial charge < -0.3 is 4.90 Å². The minimum absolute atomic E-state index is 0.0985. The highest BCUT2D eigenvalue weighted by molar-refractivity contribution is 8.08. The second-order valence-electron chi connectivity index (χ2n) is 8.68. The summed E-state index contributed by atoms with van der Waals surface area (Å²) in [6.45, 7) is 5.17. The number of thioether (sulfide) groups is 1. The maximum absolute atomic E-state index is 14.1. The third kappa shape index (κ3) is 3.81. The largest absolute Gasteiger partial charge is 0.334 e. The summed E-state index contributed by atoms with van der Waals surface area (Å²) < 4.78 is 2.93. The molecular weight excluding hydrogens is 533 g/mol. The SMILES string of the molecule is CCN1/C(=c2/s/c(=C3/C(=O)N(c4ccccc4)C(=S)N3c3ccccc3)n(CC)c2=O)Sc2ccccc21. The van der Waals surface area contributed by atoms with Gasteiger partial charge in [0.2, 0.25) is 0 Å². The minimum atomic E-state index is -0.250. The van der Waals surface area contributed by atoms with Crippen molar-refractivity contribution in [2.24, 2.45) is 0 Å². The lowest BCUT2D eigenvalue weighted by Crippen LogP contribution is -2.36. The molecule has 0 bridgehead atoms. The Balaban J connectivity index is 1.66. The van der Waals surface area contributed by atoms with Crippen molar-refractivity contribution in [1.29, 1.82) is 0 Å². The van der Waals surface area contributed by atoms with E-state index in [0.717, 1.165) is 27.8 Å². The van der Waals surface area contributed by atoms with Crippen LogP contribution in [0.3, 0.4) is 0 Å². The number of aromatic nitrogens is 1. The third-order valence-corrected chi connectivity index (χ3v) is 9.42. The number of carbonyl (C=O) groups excluding carboxylic acids is 1. The molecule has 0 unspecified atom stereocenters. The normalized spacial score (nSPS) is 18.0. The van der Waals surface area contributed by atoms with Gasteiger partial charge in [-0.2, -0.15) is 0 Å². The van der Waals surface area contributed by atoms with Crippen molar-refractivity contribution in [3.8, 4) is 0 Å². The molecule has 1 fully saturated rings. The molecule has 0 radical (unpaired) electrons. The first-order valence-electron chi connectivity index (χ1n) is 12.4. The molecule has 38 heavy (non-hydrogen) atoms. The van der Waals surface area contributed by atoms with Crippen LogP contribution in [-0.2, 0) is 11.3 Å². The van der Waals surface area contributed by atoms with Crippen molar-refractivity contribution in [2.75, 3.05) is 21.2 Å². The molecule has 9 heteroatoms. The van der Waals surface area contributed by atoms with Crippen molar-refractivity contribution >= 4 is 74.1 Å². The van der Waals surface area contributed by atoms with Gasteiger partial charge in [0.05, 0.1) is 11.4 Å². The second-order valence-corrected chi connectivity index (χ2v) is 11.1. The Labute approximate surface area is 233 Å². The summed E-state index contributed by atoms with van der Waals surface area (Å²) in [6.07, 6.45) is 0. The van der Waals surface area contributed by atoms with E-state index in [4.69, 9.17) is 12.2 Å². The fraction of sp³-hybridized carbons (Fsp3) is 0.138. The third-order valence-electron chi connectivity index (χ3n) is 6.56. The van der Waals surface area contributed by atoms with Crippen LogP contribution < -0.4 is 29.5 Å². The fourth-order valence-electron chi connectivity index (χ4n) is 4.82. The number of amides is 1. The van der Waals surface area contributed by atoms with Crippen LogP contribution in [-0.4, -0.2) is 22.1 Å². The number of carbonyl (C=O) groups is 1. The summed E-state index contributed by atoms with van der Waals surface area (Å²) in [4.78, 5) is 34.7. The first kappa shape index (κ1) is 24.7. The predicted octanol–water partition coefficient (Wildman–Crippen LogP) is 4.57. The number of thiocarbonyl (C=S) groups is 1. The van der Waals surface area contributed by atoms with E-state index in [1.165, 1.54) is 11.3 Å². The van der Waals surface area contributed by atoms with Crippen LogP contribution in [0, 0.1) is 0 Å². The van der Waals surface area contributed by atoms with E-state index in [2.05, 4.69) is 24.0 Å². The number of anilines is 3. The minimum Gasteiger partial charge on any atom is -0.334 e.